The normalized spacial score (nSPS) is 11.4. The molecule has 0 radical (unpaired) electrons. The van der Waals surface area contributed by atoms with Crippen LogP contribution in [0, 0.1) is 6.92 Å². The molecule has 4 aromatic rings. The van der Waals surface area contributed by atoms with Crippen LogP contribution in [0.15, 0.2) is 59.0 Å². The molecule has 0 saturated heterocycles. The number of carbonyl (C=O) groups is 1. The van der Waals surface area contributed by atoms with Crippen LogP contribution in [0.2, 0.25) is 0 Å². The summed E-state index contributed by atoms with van der Waals surface area (Å²) in [4.78, 5) is 14.9. The van der Waals surface area contributed by atoms with Gasteiger partial charge in [0.15, 0.2) is 0 Å². The van der Waals surface area contributed by atoms with Gasteiger partial charge in [0.1, 0.15) is 4.83 Å². The highest BCUT2D eigenvalue weighted by Crippen LogP contribution is 2.30. The first-order valence-electron chi connectivity index (χ1n) is 7.64. The maximum absolute atomic E-state index is 12.4. The van der Waals surface area contributed by atoms with Crippen LogP contribution in [0.25, 0.3) is 15.9 Å². The van der Waals surface area contributed by atoms with Gasteiger partial charge in [0.05, 0.1) is 22.5 Å². The van der Waals surface area contributed by atoms with E-state index in [-0.39, 0.29) is 5.91 Å². The lowest BCUT2D eigenvalue weighted by atomic mass is 10.3. The van der Waals surface area contributed by atoms with E-state index in [0.717, 1.165) is 26.5 Å². The Morgan fingerprint density at radius 1 is 1.24 bits per heavy atom. The number of thiophene rings is 2. The lowest BCUT2D eigenvalue weighted by Gasteiger charge is -2.01. The average molecular weight is 366 g/mol. The summed E-state index contributed by atoms with van der Waals surface area (Å²) >= 11 is 2.98. The second-order valence-electron chi connectivity index (χ2n) is 5.38. The van der Waals surface area contributed by atoms with E-state index in [9.17, 15) is 4.79 Å². The highest BCUT2D eigenvalue weighted by molar-refractivity contribution is 7.20. The van der Waals surface area contributed by atoms with Crippen LogP contribution in [0.4, 0.5) is 0 Å². The molecule has 1 amide bonds. The van der Waals surface area contributed by atoms with Gasteiger partial charge >= 0.3 is 0 Å². The summed E-state index contributed by atoms with van der Waals surface area (Å²) < 4.78 is 1.88. The first kappa shape index (κ1) is 15.7. The summed E-state index contributed by atoms with van der Waals surface area (Å²) in [6, 6.07) is 15.7. The van der Waals surface area contributed by atoms with Crippen molar-refractivity contribution >= 4 is 45.0 Å². The lowest BCUT2D eigenvalue weighted by Crippen LogP contribution is -2.16. The standard InChI is InChI=1S/C18H14N4OS2/c1-12-15-10-16(17(23)20-19-11-14-8-5-9-24-14)25-18(15)22(21-12)13-6-3-2-4-7-13/h2-11H,1H3,(H,20,23)/b19-11+. The average Bonchev–Trinajstić information content (AvgIpc) is 3.34. The Hall–Kier alpha value is -2.77. The zero-order chi connectivity index (χ0) is 17.2. The first-order valence-corrected chi connectivity index (χ1v) is 9.33. The van der Waals surface area contributed by atoms with Crippen LogP contribution in [-0.2, 0) is 0 Å². The van der Waals surface area contributed by atoms with Gasteiger partial charge in [-0.05, 0) is 36.6 Å². The number of hydrazone groups is 1. The van der Waals surface area contributed by atoms with E-state index in [1.807, 2.05) is 65.5 Å². The lowest BCUT2D eigenvalue weighted by molar-refractivity contribution is 0.0959. The van der Waals surface area contributed by atoms with Crippen molar-refractivity contribution in [3.8, 4) is 5.69 Å². The first-order chi connectivity index (χ1) is 12.2. The van der Waals surface area contributed by atoms with Gasteiger partial charge in [0.2, 0.25) is 0 Å². The van der Waals surface area contributed by atoms with Crippen molar-refractivity contribution in [1.29, 1.82) is 0 Å². The van der Waals surface area contributed by atoms with Crippen molar-refractivity contribution < 1.29 is 4.79 Å². The Labute approximate surface area is 152 Å². The largest absolute Gasteiger partial charge is 0.281 e. The van der Waals surface area contributed by atoms with Gasteiger partial charge in [-0.15, -0.1) is 22.7 Å². The molecule has 0 aliphatic heterocycles. The quantitative estimate of drug-likeness (QED) is 0.434. The van der Waals surface area contributed by atoms with Crippen molar-refractivity contribution in [2.45, 2.75) is 6.92 Å². The number of aromatic nitrogens is 2. The molecular weight excluding hydrogens is 352 g/mol. The van der Waals surface area contributed by atoms with Crippen LogP contribution in [-0.4, -0.2) is 21.9 Å². The highest BCUT2D eigenvalue weighted by Gasteiger charge is 2.16. The van der Waals surface area contributed by atoms with Gasteiger partial charge in [0.25, 0.3) is 5.91 Å². The minimum Gasteiger partial charge on any atom is -0.266 e. The van der Waals surface area contributed by atoms with Crippen LogP contribution in [0.1, 0.15) is 20.2 Å². The number of benzene rings is 1. The second kappa shape index (κ2) is 6.62. The molecule has 4 rings (SSSR count). The third kappa shape index (κ3) is 3.11. The Balaban J connectivity index is 1.62. The fourth-order valence-corrected chi connectivity index (χ4v) is 4.14. The summed E-state index contributed by atoms with van der Waals surface area (Å²) in [6.45, 7) is 1.95. The zero-order valence-electron chi connectivity index (χ0n) is 13.3. The van der Waals surface area contributed by atoms with E-state index in [0.29, 0.717) is 4.88 Å². The Bertz CT molecular complexity index is 1050. The SMILES string of the molecule is Cc1nn(-c2ccccc2)c2sc(C(=O)N/N=C/c3cccs3)cc12. The molecule has 0 atom stereocenters. The van der Waals surface area contributed by atoms with Gasteiger partial charge in [-0.3, -0.25) is 4.79 Å². The number of carbonyl (C=O) groups excluding carboxylic acids is 1. The van der Waals surface area contributed by atoms with Crippen molar-refractivity contribution in [3.63, 3.8) is 0 Å². The van der Waals surface area contributed by atoms with Crippen LogP contribution >= 0.6 is 22.7 Å². The van der Waals surface area contributed by atoms with Crippen molar-refractivity contribution in [1.82, 2.24) is 15.2 Å². The minimum absolute atomic E-state index is 0.215. The molecule has 0 aliphatic rings. The summed E-state index contributed by atoms with van der Waals surface area (Å²) in [6.07, 6.45) is 1.65. The molecule has 0 unspecified atom stereocenters. The number of rotatable bonds is 4. The summed E-state index contributed by atoms with van der Waals surface area (Å²) in [5.41, 5.74) is 4.46. The van der Waals surface area contributed by atoms with Gasteiger partial charge in [0, 0.05) is 10.3 Å². The molecule has 0 aliphatic carbocycles. The monoisotopic (exact) mass is 366 g/mol. The van der Waals surface area contributed by atoms with Gasteiger partial charge < -0.3 is 0 Å². The fraction of sp³-hybridized carbons (Fsp3) is 0.0556. The fourth-order valence-electron chi connectivity index (χ4n) is 2.48. The van der Waals surface area contributed by atoms with Gasteiger partial charge in [-0.25, -0.2) is 10.1 Å². The summed E-state index contributed by atoms with van der Waals surface area (Å²) in [5, 5.41) is 11.6. The van der Waals surface area contributed by atoms with Gasteiger partial charge in [-0.1, -0.05) is 24.3 Å². The molecule has 5 nitrogen and oxygen atoms in total. The molecule has 25 heavy (non-hydrogen) atoms. The van der Waals surface area contributed by atoms with Crippen molar-refractivity contribution in [2.24, 2.45) is 5.10 Å². The number of nitrogens with one attached hydrogen (secondary N) is 1. The van der Waals surface area contributed by atoms with Crippen LogP contribution in [0.3, 0.4) is 0 Å². The topological polar surface area (TPSA) is 59.3 Å². The maximum Gasteiger partial charge on any atom is 0.281 e. The molecule has 3 heterocycles. The number of fused-ring (bicyclic) bond motifs is 1. The molecule has 0 saturated carbocycles. The predicted octanol–water partition coefficient (Wildman–Crippen LogP) is 4.22. The molecule has 1 aromatic carbocycles. The highest BCUT2D eigenvalue weighted by atomic mass is 32.1. The third-order valence-electron chi connectivity index (χ3n) is 3.67. The molecule has 124 valence electrons. The van der Waals surface area contributed by atoms with E-state index in [2.05, 4.69) is 15.6 Å². The molecule has 0 spiro atoms. The number of hydrogen-bond donors (Lipinski definition) is 1. The molecular formula is C18H14N4OS2. The second-order valence-corrected chi connectivity index (χ2v) is 7.39. The summed E-state index contributed by atoms with van der Waals surface area (Å²) in [5.74, 6) is -0.215. The summed E-state index contributed by atoms with van der Waals surface area (Å²) in [7, 11) is 0. The Morgan fingerprint density at radius 2 is 2.08 bits per heavy atom. The van der Waals surface area contributed by atoms with E-state index in [1.54, 1.807) is 17.6 Å². The number of aryl methyl sites for hydroxylation is 1. The Kier molecular flexibility index (Phi) is 4.17. The van der Waals surface area contributed by atoms with Crippen molar-refractivity contribution in [2.75, 3.05) is 0 Å². The minimum atomic E-state index is -0.215. The molecule has 7 heteroatoms. The Morgan fingerprint density at radius 3 is 2.84 bits per heavy atom. The van der Waals surface area contributed by atoms with Crippen LogP contribution < -0.4 is 5.43 Å². The number of para-hydroxylation sites is 1. The number of amides is 1. The number of hydrogen-bond acceptors (Lipinski definition) is 5. The molecule has 1 N–H and O–H groups in total. The maximum atomic E-state index is 12.4. The number of nitrogens with zero attached hydrogens (tertiary/aromatic N) is 3. The third-order valence-corrected chi connectivity index (χ3v) is 5.59. The van der Waals surface area contributed by atoms with Crippen LogP contribution in [0.5, 0.6) is 0 Å². The smallest absolute Gasteiger partial charge is 0.266 e. The van der Waals surface area contributed by atoms with E-state index >= 15 is 0 Å². The van der Waals surface area contributed by atoms with Gasteiger partial charge in [-0.2, -0.15) is 10.2 Å². The molecule has 0 fully saturated rings. The molecule has 0 bridgehead atoms. The zero-order valence-corrected chi connectivity index (χ0v) is 15.0. The predicted molar refractivity (Wildman–Crippen MR) is 103 cm³/mol. The van der Waals surface area contributed by atoms with Crippen molar-refractivity contribution in [3.05, 3.63) is 69.4 Å². The van der Waals surface area contributed by atoms with E-state index in [1.165, 1.54) is 11.3 Å². The van der Waals surface area contributed by atoms with E-state index < -0.39 is 0 Å². The van der Waals surface area contributed by atoms with E-state index in [4.69, 9.17) is 0 Å². The molecule has 3 aromatic heterocycles.